The van der Waals surface area contributed by atoms with E-state index in [-0.39, 0.29) is 5.91 Å². The Labute approximate surface area is 172 Å². The van der Waals surface area contributed by atoms with Gasteiger partial charge in [0.2, 0.25) is 0 Å². The van der Waals surface area contributed by atoms with Crippen LogP contribution in [0, 0.1) is 13.8 Å². The van der Waals surface area contributed by atoms with Crippen LogP contribution in [0.15, 0.2) is 43.0 Å². The lowest BCUT2D eigenvalue weighted by molar-refractivity contribution is 0.0950. The van der Waals surface area contributed by atoms with E-state index in [9.17, 15) is 4.79 Å². The second kappa shape index (κ2) is 8.64. The number of hydrogen-bond acceptors (Lipinski definition) is 3. The standard InChI is InChI=1S/C23H29N5O/c1-17-12-22(18(2)28(17)21-6-4-3-5-7-21)23(29)25-13-19-8-10-20(11-9-19)14-27-16-24-15-26-27/h8-12,15-16,21H,3-7,13-14H2,1-2H3,(H,25,29). The minimum absolute atomic E-state index is 0.00634. The zero-order chi connectivity index (χ0) is 20.2. The summed E-state index contributed by atoms with van der Waals surface area (Å²) in [7, 11) is 0. The Morgan fingerprint density at radius 1 is 1.10 bits per heavy atom. The summed E-state index contributed by atoms with van der Waals surface area (Å²) in [5.74, 6) is 0.00634. The average Bonchev–Trinajstić information content (AvgIpc) is 3.35. The van der Waals surface area contributed by atoms with Crippen molar-refractivity contribution in [1.82, 2.24) is 24.6 Å². The van der Waals surface area contributed by atoms with Crippen LogP contribution in [0.4, 0.5) is 0 Å². The lowest BCUT2D eigenvalue weighted by atomic mass is 9.95. The summed E-state index contributed by atoms with van der Waals surface area (Å²) in [6.07, 6.45) is 9.59. The number of aromatic nitrogens is 4. The van der Waals surface area contributed by atoms with Gasteiger partial charge in [-0.15, -0.1) is 0 Å². The summed E-state index contributed by atoms with van der Waals surface area (Å²) in [5.41, 5.74) is 5.33. The number of nitrogens with zero attached hydrogens (tertiary/aromatic N) is 4. The molecule has 6 nitrogen and oxygen atoms in total. The van der Waals surface area contributed by atoms with Crippen LogP contribution in [-0.4, -0.2) is 25.2 Å². The van der Waals surface area contributed by atoms with Crippen LogP contribution in [0.1, 0.15) is 71.0 Å². The summed E-state index contributed by atoms with van der Waals surface area (Å²) in [6, 6.07) is 10.8. The molecule has 1 fully saturated rings. The smallest absolute Gasteiger partial charge is 0.253 e. The molecule has 4 rings (SSSR count). The number of benzene rings is 1. The van der Waals surface area contributed by atoms with Gasteiger partial charge in [-0.2, -0.15) is 5.10 Å². The summed E-state index contributed by atoms with van der Waals surface area (Å²) in [4.78, 5) is 16.8. The third-order valence-corrected chi connectivity index (χ3v) is 5.96. The molecular formula is C23H29N5O. The van der Waals surface area contributed by atoms with E-state index < -0.39 is 0 Å². The van der Waals surface area contributed by atoms with E-state index in [0.29, 0.717) is 19.1 Å². The highest BCUT2D eigenvalue weighted by atomic mass is 16.1. The molecule has 1 aromatic carbocycles. The van der Waals surface area contributed by atoms with E-state index in [1.807, 2.05) is 6.07 Å². The first-order valence-corrected chi connectivity index (χ1v) is 10.5. The molecule has 152 valence electrons. The lowest BCUT2D eigenvalue weighted by Crippen LogP contribution is -2.24. The maximum Gasteiger partial charge on any atom is 0.253 e. The minimum atomic E-state index is 0.00634. The number of carbonyl (C=O) groups excluding carboxylic acids is 1. The van der Waals surface area contributed by atoms with Crippen molar-refractivity contribution in [1.29, 1.82) is 0 Å². The van der Waals surface area contributed by atoms with Crippen LogP contribution in [0.2, 0.25) is 0 Å². The predicted octanol–water partition coefficient (Wildman–Crippen LogP) is 4.18. The van der Waals surface area contributed by atoms with Crippen molar-refractivity contribution in [3.8, 4) is 0 Å². The van der Waals surface area contributed by atoms with Gasteiger partial charge in [-0.3, -0.25) is 4.79 Å². The third kappa shape index (κ3) is 4.42. The van der Waals surface area contributed by atoms with E-state index >= 15 is 0 Å². The first-order chi connectivity index (χ1) is 14.1. The molecule has 1 saturated carbocycles. The SMILES string of the molecule is Cc1cc(C(=O)NCc2ccc(Cn3cncn3)cc2)c(C)n1C1CCCCC1. The Hall–Kier alpha value is -2.89. The number of carbonyl (C=O) groups is 1. The number of hydrogen-bond donors (Lipinski definition) is 1. The van der Waals surface area contributed by atoms with E-state index in [1.165, 1.54) is 44.1 Å². The van der Waals surface area contributed by atoms with E-state index in [1.54, 1.807) is 11.0 Å². The van der Waals surface area contributed by atoms with Crippen molar-refractivity contribution < 1.29 is 4.79 Å². The zero-order valence-corrected chi connectivity index (χ0v) is 17.3. The van der Waals surface area contributed by atoms with Gasteiger partial charge in [0.05, 0.1) is 12.1 Å². The van der Waals surface area contributed by atoms with Crippen molar-refractivity contribution in [2.45, 2.75) is 65.1 Å². The maximum atomic E-state index is 12.8. The molecule has 0 spiro atoms. The quantitative estimate of drug-likeness (QED) is 0.685. The molecule has 1 aliphatic rings. The fraction of sp³-hybridized carbons (Fsp3) is 0.435. The Morgan fingerprint density at radius 3 is 2.52 bits per heavy atom. The van der Waals surface area contributed by atoms with Crippen LogP contribution in [0.3, 0.4) is 0 Å². The first-order valence-electron chi connectivity index (χ1n) is 10.5. The monoisotopic (exact) mass is 391 g/mol. The molecule has 0 radical (unpaired) electrons. The highest BCUT2D eigenvalue weighted by Gasteiger charge is 2.22. The van der Waals surface area contributed by atoms with Gasteiger partial charge in [0.15, 0.2) is 0 Å². The normalized spacial score (nSPS) is 14.8. The molecule has 0 saturated heterocycles. The predicted molar refractivity (Wildman–Crippen MR) is 113 cm³/mol. The maximum absolute atomic E-state index is 12.8. The highest BCUT2D eigenvalue weighted by molar-refractivity contribution is 5.95. The Kier molecular flexibility index (Phi) is 5.79. The van der Waals surface area contributed by atoms with Crippen LogP contribution < -0.4 is 5.32 Å². The fourth-order valence-electron chi connectivity index (χ4n) is 4.45. The molecule has 0 atom stereocenters. The Bertz CT molecular complexity index is 950. The molecular weight excluding hydrogens is 362 g/mol. The van der Waals surface area contributed by atoms with Crippen LogP contribution >= 0.6 is 0 Å². The van der Waals surface area contributed by atoms with Crippen LogP contribution in [0.5, 0.6) is 0 Å². The first kappa shape index (κ1) is 19.4. The zero-order valence-electron chi connectivity index (χ0n) is 17.3. The molecule has 2 aromatic heterocycles. The van der Waals surface area contributed by atoms with Gasteiger partial charge in [0.1, 0.15) is 12.7 Å². The molecule has 1 N–H and O–H groups in total. The molecule has 1 amide bonds. The van der Waals surface area contributed by atoms with Gasteiger partial charge in [-0.25, -0.2) is 9.67 Å². The van der Waals surface area contributed by atoms with Gasteiger partial charge in [0, 0.05) is 24.0 Å². The third-order valence-electron chi connectivity index (χ3n) is 5.96. The lowest BCUT2D eigenvalue weighted by Gasteiger charge is -2.26. The van der Waals surface area contributed by atoms with Crippen molar-refractivity contribution in [2.24, 2.45) is 0 Å². The van der Waals surface area contributed by atoms with Gasteiger partial charge in [0.25, 0.3) is 5.91 Å². The minimum Gasteiger partial charge on any atom is -0.348 e. The second-order valence-corrected chi connectivity index (χ2v) is 8.04. The topological polar surface area (TPSA) is 64.7 Å². The number of amides is 1. The Morgan fingerprint density at radius 2 is 1.83 bits per heavy atom. The molecule has 0 bridgehead atoms. The highest BCUT2D eigenvalue weighted by Crippen LogP contribution is 2.32. The van der Waals surface area contributed by atoms with Crippen molar-refractivity contribution in [3.63, 3.8) is 0 Å². The molecule has 0 unspecified atom stereocenters. The summed E-state index contributed by atoms with van der Waals surface area (Å²) < 4.78 is 4.17. The number of nitrogens with one attached hydrogen (secondary N) is 1. The number of aryl methyl sites for hydroxylation is 1. The largest absolute Gasteiger partial charge is 0.348 e. The molecule has 29 heavy (non-hydrogen) atoms. The van der Waals surface area contributed by atoms with Crippen molar-refractivity contribution >= 4 is 5.91 Å². The van der Waals surface area contributed by atoms with Gasteiger partial charge in [-0.1, -0.05) is 43.5 Å². The van der Waals surface area contributed by atoms with Crippen molar-refractivity contribution in [3.05, 3.63) is 71.1 Å². The van der Waals surface area contributed by atoms with Gasteiger partial charge < -0.3 is 9.88 Å². The Balaban J connectivity index is 1.38. The fourth-order valence-corrected chi connectivity index (χ4v) is 4.45. The average molecular weight is 392 g/mol. The van der Waals surface area contributed by atoms with Gasteiger partial charge >= 0.3 is 0 Å². The van der Waals surface area contributed by atoms with Crippen LogP contribution in [-0.2, 0) is 13.1 Å². The van der Waals surface area contributed by atoms with E-state index in [4.69, 9.17) is 0 Å². The van der Waals surface area contributed by atoms with E-state index in [2.05, 4.69) is 58.1 Å². The summed E-state index contributed by atoms with van der Waals surface area (Å²) in [5, 5.41) is 7.21. The molecule has 2 heterocycles. The number of rotatable bonds is 6. The second-order valence-electron chi connectivity index (χ2n) is 8.04. The van der Waals surface area contributed by atoms with Gasteiger partial charge in [-0.05, 0) is 43.9 Å². The summed E-state index contributed by atoms with van der Waals surface area (Å²) in [6.45, 7) is 5.41. The molecule has 0 aliphatic heterocycles. The summed E-state index contributed by atoms with van der Waals surface area (Å²) >= 11 is 0. The molecule has 3 aromatic rings. The molecule has 1 aliphatic carbocycles. The van der Waals surface area contributed by atoms with Crippen molar-refractivity contribution in [2.75, 3.05) is 0 Å². The molecule has 6 heteroatoms. The van der Waals surface area contributed by atoms with Crippen LogP contribution in [0.25, 0.3) is 0 Å². The van der Waals surface area contributed by atoms with E-state index in [0.717, 1.165) is 22.4 Å².